The summed E-state index contributed by atoms with van der Waals surface area (Å²) in [5.41, 5.74) is 2.55. The SMILES string of the molecule is CCCCCC1CCC(C2CCC(c3ccc(C4CCC(/C(F)=C/C(F)(F)F)OC4)cc3)CC2)CC1. The highest BCUT2D eigenvalue weighted by Crippen LogP contribution is 2.45. The van der Waals surface area contributed by atoms with Crippen molar-refractivity contribution >= 4 is 0 Å². The highest BCUT2D eigenvalue weighted by Gasteiger charge is 2.33. The molecule has 3 fully saturated rings. The van der Waals surface area contributed by atoms with Gasteiger partial charge in [0.25, 0.3) is 0 Å². The number of allylic oxidation sites excluding steroid dienone is 1. The van der Waals surface area contributed by atoms with Crippen LogP contribution in [0, 0.1) is 17.8 Å². The third-order valence-corrected chi connectivity index (χ3v) is 9.31. The largest absolute Gasteiger partial charge is 0.412 e. The van der Waals surface area contributed by atoms with Crippen molar-refractivity contribution in [2.45, 2.75) is 121 Å². The first-order valence-electron chi connectivity index (χ1n) is 14.5. The van der Waals surface area contributed by atoms with Gasteiger partial charge in [-0.3, -0.25) is 0 Å². The Morgan fingerprint density at radius 2 is 1.36 bits per heavy atom. The Balaban J connectivity index is 1.20. The minimum absolute atomic E-state index is 0.113. The van der Waals surface area contributed by atoms with Gasteiger partial charge >= 0.3 is 6.18 Å². The minimum Gasteiger partial charge on any atom is -0.370 e. The number of unbranched alkanes of at least 4 members (excludes halogenated alkanes) is 2. The van der Waals surface area contributed by atoms with E-state index >= 15 is 0 Å². The monoisotopic (exact) mass is 508 g/mol. The lowest BCUT2D eigenvalue weighted by molar-refractivity contribution is -0.0841. The van der Waals surface area contributed by atoms with E-state index in [-0.39, 0.29) is 25.0 Å². The molecule has 2 aliphatic carbocycles. The molecule has 0 amide bonds. The number of hydrogen-bond acceptors (Lipinski definition) is 1. The lowest BCUT2D eigenvalue weighted by Gasteiger charge is -2.38. The summed E-state index contributed by atoms with van der Waals surface area (Å²) in [7, 11) is 0. The quantitative estimate of drug-likeness (QED) is 0.251. The van der Waals surface area contributed by atoms with E-state index in [2.05, 4.69) is 31.2 Å². The first kappa shape index (κ1) is 27.7. The summed E-state index contributed by atoms with van der Waals surface area (Å²) in [6, 6.07) is 8.77. The van der Waals surface area contributed by atoms with Gasteiger partial charge in [0.2, 0.25) is 0 Å². The summed E-state index contributed by atoms with van der Waals surface area (Å²) in [5.74, 6) is 2.37. The number of rotatable bonds is 8. The molecule has 2 saturated carbocycles. The van der Waals surface area contributed by atoms with E-state index in [1.807, 2.05) is 0 Å². The van der Waals surface area contributed by atoms with Gasteiger partial charge < -0.3 is 4.74 Å². The molecule has 36 heavy (non-hydrogen) atoms. The molecule has 2 atom stereocenters. The molecule has 0 aromatic heterocycles. The Morgan fingerprint density at radius 1 is 0.806 bits per heavy atom. The molecular weight excluding hydrogens is 464 g/mol. The Hall–Kier alpha value is -1.36. The molecule has 1 aromatic carbocycles. The number of alkyl halides is 3. The first-order chi connectivity index (χ1) is 17.3. The van der Waals surface area contributed by atoms with Crippen LogP contribution in [0.4, 0.5) is 17.6 Å². The lowest BCUT2D eigenvalue weighted by Crippen LogP contribution is -2.26. The number of halogens is 4. The van der Waals surface area contributed by atoms with Crippen LogP contribution in [0.3, 0.4) is 0 Å². The summed E-state index contributed by atoms with van der Waals surface area (Å²) < 4.78 is 56.5. The van der Waals surface area contributed by atoms with Gasteiger partial charge in [-0.2, -0.15) is 13.2 Å². The fourth-order valence-corrected chi connectivity index (χ4v) is 7.08. The zero-order chi connectivity index (χ0) is 25.5. The average molecular weight is 509 g/mol. The number of benzene rings is 1. The van der Waals surface area contributed by atoms with E-state index in [1.54, 1.807) is 0 Å². The second-order valence-electron chi connectivity index (χ2n) is 11.7. The van der Waals surface area contributed by atoms with E-state index < -0.39 is 18.1 Å². The van der Waals surface area contributed by atoms with Crippen molar-refractivity contribution in [2.24, 2.45) is 17.8 Å². The zero-order valence-electron chi connectivity index (χ0n) is 21.9. The van der Waals surface area contributed by atoms with Crippen LogP contribution < -0.4 is 0 Å². The average Bonchev–Trinajstić information content (AvgIpc) is 2.89. The van der Waals surface area contributed by atoms with Gasteiger partial charge in [0, 0.05) is 5.92 Å². The molecule has 1 aromatic rings. The van der Waals surface area contributed by atoms with Crippen LogP contribution >= 0.6 is 0 Å². The van der Waals surface area contributed by atoms with Crippen molar-refractivity contribution < 1.29 is 22.3 Å². The van der Waals surface area contributed by atoms with Crippen LogP contribution in [0.5, 0.6) is 0 Å². The summed E-state index contributed by atoms with van der Waals surface area (Å²) in [4.78, 5) is 0. The fourth-order valence-electron chi connectivity index (χ4n) is 7.08. The topological polar surface area (TPSA) is 9.23 Å². The van der Waals surface area contributed by atoms with Crippen molar-refractivity contribution in [3.8, 4) is 0 Å². The molecule has 2 unspecified atom stereocenters. The van der Waals surface area contributed by atoms with Gasteiger partial charge in [0.1, 0.15) is 11.9 Å². The van der Waals surface area contributed by atoms with Crippen molar-refractivity contribution in [1.29, 1.82) is 0 Å². The van der Waals surface area contributed by atoms with Crippen LogP contribution in [0.1, 0.15) is 120 Å². The Labute approximate surface area is 215 Å². The Morgan fingerprint density at radius 3 is 1.89 bits per heavy atom. The van der Waals surface area contributed by atoms with Crippen molar-refractivity contribution in [2.75, 3.05) is 6.61 Å². The van der Waals surface area contributed by atoms with Crippen molar-refractivity contribution in [3.05, 3.63) is 47.3 Å². The third-order valence-electron chi connectivity index (χ3n) is 9.31. The number of hydrogen-bond donors (Lipinski definition) is 0. The molecule has 5 heteroatoms. The van der Waals surface area contributed by atoms with Crippen molar-refractivity contribution in [3.63, 3.8) is 0 Å². The van der Waals surface area contributed by atoms with Crippen LogP contribution in [-0.4, -0.2) is 18.9 Å². The van der Waals surface area contributed by atoms with Crippen molar-refractivity contribution in [1.82, 2.24) is 0 Å². The van der Waals surface area contributed by atoms with Crippen LogP contribution in [0.2, 0.25) is 0 Å². The normalized spacial score (nSPS) is 32.4. The fraction of sp³-hybridized carbons (Fsp3) is 0.742. The first-order valence-corrected chi connectivity index (χ1v) is 14.5. The molecule has 1 heterocycles. The van der Waals surface area contributed by atoms with E-state index in [0.717, 1.165) is 23.3 Å². The van der Waals surface area contributed by atoms with Crippen LogP contribution in [0.15, 0.2) is 36.2 Å². The summed E-state index contributed by atoms with van der Waals surface area (Å²) in [5, 5.41) is 0. The molecule has 0 N–H and O–H groups in total. The smallest absolute Gasteiger partial charge is 0.370 e. The molecule has 0 spiro atoms. The maximum absolute atomic E-state index is 13.8. The number of ether oxygens (including phenoxy) is 1. The predicted molar refractivity (Wildman–Crippen MR) is 138 cm³/mol. The van der Waals surface area contributed by atoms with Crippen LogP contribution in [0.25, 0.3) is 0 Å². The molecular formula is C31H44F4O. The van der Waals surface area contributed by atoms with E-state index in [0.29, 0.717) is 12.3 Å². The van der Waals surface area contributed by atoms with Gasteiger partial charge in [0.15, 0.2) is 0 Å². The minimum atomic E-state index is -4.65. The van der Waals surface area contributed by atoms with E-state index in [4.69, 9.17) is 4.74 Å². The highest BCUT2D eigenvalue weighted by molar-refractivity contribution is 5.28. The van der Waals surface area contributed by atoms with Gasteiger partial charge in [-0.05, 0) is 86.2 Å². The van der Waals surface area contributed by atoms with Crippen LogP contribution in [-0.2, 0) is 4.74 Å². The second-order valence-corrected chi connectivity index (χ2v) is 11.7. The molecule has 0 radical (unpaired) electrons. The van der Waals surface area contributed by atoms with Gasteiger partial charge in [-0.1, -0.05) is 69.7 Å². The van der Waals surface area contributed by atoms with E-state index in [9.17, 15) is 17.6 Å². The third kappa shape index (κ3) is 7.82. The summed E-state index contributed by atoms with van der Waals surface area (Å²) in [6.07, 6.45) is 11.5. The Bertz CT molecular complexity index is 806. The molecule has 1 saturated heterocycles. The molecule has 1 nitrogen and oxygen atoms in total. The standard InChI is InChI=1S/C31H44F4O/c1-2-3-4-5-22-6-8-23(9-7-22)24-10-12-25(13-11-24)26-14-16-27(17-15-26)28-18-19-30(36-21-28)29(32)20-31(33,34)35/h14-17,20,22-25,28,30H,2-13,18-19,21H2,1H3/b29-20-. The zero-order valence-corrected chi connectivity index (χ0v) is 21.9. The summed E-state index contributed by atoms with van der Waals surface area (Å²) >= 11 is 0. The van der Waals surface area contributed by atoms with Gasteiger partial charge in [-0.25, -0.2) is 4.39 Å². The van der Waals surface area contributed by atoms with Gasteiger partial charge in [-0.15, -0.1) is 0 Å². The Kier molecular flexibility index (Phi) is 9.94. The maximum Gasteiger partial charge on any atom is 0.412 e. The highest BCUT2D eigenvalue weighted by atomic mass is 19.4. The van der Waals surface area contributed by atoms with Gasteiger partial charge in [0.05, 0.1) is 12.7 Å². The molecule has 1 aliphatic heterocycles. The second kappa shape index (κ2) is 12.9. The molecule has 0 bridgehead atoms. The lowest BCUT2D eigenvalue weighted by atomic mass is 9.68. The predicted octanol–water partition coefficient (Wildman–Crippen LogP) is 10.0. The maximum atomic E-state index is 13.8. The molecule has 202 valence electrons. The van der Waals surface area contributed by atoms with E-state index in [1.165, 1.54) is 82.6 Å². The summed E-state index contributed by atoms with van der Waals surface area (Å²) in [6.45, 7) is 2.55. The molecule has 4 rings (SSSR count). The molecule has 3 aliphatic rings.